The van der Waals surface area contributed by atoms with E-state index in [2.05, 4.69) is 120 Å². The van der Waals surface area contributed by atoms with Gasteiger partial charge >= 0.3 is 0 Å². The van der Waals surface area contributed by atoms with Gasteiger partial charge < -0.3 is 4.42 Å². The summed E-state index contributed by atoms with van der Waals surface area (Å²) in [4.78, 5) is 0. The number of furan rings is 1. The fourth-order valence-electron chi connectivity index (χ4n) is 7.24. The highest BCUT2D eigenvalue weighted by Gasteiger charge is 2.42. The van der Waals surface area contributed by atoms with Gasteiger partial charge in [0.1, 0.15) is 11.2 Å². The molecule has 8 rings (SSSR count). The molecule has 0 amide bonds. The lowest BCUT2D eigenvalue weighted by Gasteiger charge is -2.31. The van der Waals surface area contributed by atoms with Crippen LogP contribution in [0.2, 0.25) is 0 Å². The van der Waals surface area contributed by atoms with Crippen LogP contribution in [0.5, 0.6) is 0 Å². The smallest absolute Gasteiger partial charge is 0.222 e. The third-order valence-electron chi connectivity index (χ3n) is 9.10. The van der Waals surface area contributed by atoms with E-state index in [-0.39, 0.29) is 6.04 Å². The minimum atomic E-state index is 0.290. The molecule has 40 heavy (non-hydrogen) atoms. The molecule has 0 bridgehead atoms. The van der Waals surface area contributed by atoms with Crippen LogP contribution in [-0.2, 0) is 6.42 Å². The van der Waals surface area contributed by atoms with E-state index in [1.54, 1.807) is 0 Å². The zero-order valence-electron chi connectivity index (χ0n) is 23.0. The van der Waals surface area contributed by atoms with Crippen molar-refractivity contribution in [2.75, 3.05) is 0 Å². The van der Waals surface area contributed by atoms with Crippen molar-refractivity contribution in [3.8, 4) is 22.5 Å². The largest absolute Gasteiger partial charge is 0.455 e. The second-order valence-corrected chi connectivity index (χ2v) is 11.6. The van der Waals surface area contributed by atoms with Crippen molar-refractivity contribution in [2.45, 2.75) is 45.1 Å². The van der Waals surface area contributed by atoms with E-state index in [0.717, 1.165) is 41.8 Å². The zero-order chi connectivity index (χ0) is 27.0. The molecule has 2 aliphatic rings. The summed E-state index contributed by atoms with van der Waals surface area (Å²) in [5.74, 6) is 0.374. The molecular weight excluding hydrogens is 488 g/mol. The number of aryl methyl sites for hydroxylation is 3. The summed E-state index contributed by atoms with van der Waals surface area (Å²) in [6.45, 7) is 9.03. The minimum Gasteiger partial charge on any atom is -0.455 e. The Labute approximate surface area is 234 Å². The summed E-state index contributed by atoms with van der Waals surface area (Å²) in [5.41, 5.74) is 13.3. The van der Waals surface area contributed by atoms with Gasteiger partial charge in [-0.25, -0.2) is 0 Å². The van der Waals surface area contributed by atoms with E-state index in [0.29, 0.717) is 5.92 Å². The normalized spacial score (nSPS) is 18.0. The van der Waals surface area contributed by atoms with Crippen LogP contribution in [0, 0.1) is 13.8 Å². The molecule has 6 aromatic rings. The van der Waals surface area contributed by atoms with Crippen LogP contribution in [0.3, 0.4) is 0 Å². The molecular formula is C37H32N2O+2. The van der Waals surface area contributed by atoms with E-state index >= 15 is 0 Å². The minimum absolute atomic E-state index is 0.290. The molecule has 0 saturated carbocycles. The number of fused-ring (bicyclic) bond motifs is 13. The van der Waals surface area contributed by atoms with Gasteiger partial charge in [-0.2, -0.15) is 9.13 Å². The molecule has 3 aromatic heterocycles. The van der Waals surface area contributed by atoms with Crippen molar-refractivity contribution in [1.29, 1.82) is 0 Å². The maximum absolute atomic E-state index is 6.67. The average molecular weight is 521 g/mol. The van der Waals surface area contributed by atoms with Gasteiger partial charge in [0.15, 0.2) is 24.1 Å². The van der Waals surface area contributed by atoms with Crippen LogP contribution in [0.1, 0.15) is 47.1 Å². The van der Waals surface area contributed by atoms with Crippen LogP contribution in [0.25, 0.3) is 50.2 Å². The zero-order valence-corrected chi connectivity index (χ0v) is 23.0. The lowest BCUT2D eigenvalue weighted by atomic mass is 9.77. The average Bonchev–Trinajstić information content (AvgIpc) is 3.33. The van der Waals surface area contributed by atoms with Gasteiger partial charge in [-0.3, -0.25) is 0 Å². The predicted octanol–water partition coefficient (Wildman–Crippen LogP) is 8.26. The summed E-state index contributed by atoms with van der Waals surface area (Å²) in [5, 5.41) is 2.35. The fourth-order valence-corrected chi connectivity index (χ4v) is 7.24. The predicted molar refractivity (Wildman–Crippen MR) is 161 cm³/mol. The maximum Gasteiger partial charge on any atom is 0.222 e. The van der Waals surface area contributed by atoms with Gasteiger partial charge in [0, 0.05) is 46.5 Å². The third kappa shape index (κ3) is 3.43. The molecule has 2 aliphatic heterocycles. The first-order chi connectivity index (χ1) is 19.6. The summed E-state index contributed by atoms with van der Waals surface area (Å²) < 4.78 is 11.5. The Morgan fingerprint density at radius 2 is 1.57 bits per heavy atom. The Hall–Kier alpha value is -4.50. The molecule has 3 aromatic carbocycles. The first-order valence-electron chi connectivity index (χ1n) is 14.3. The Balaban J connectivity index is 1.38. The van der Waals surface area contributed by atoms with Crippen LogP contribution in [-0.4, -0.2) is 0 Å². The third-order valence-corrected chi connectivity index (χ3v) is 9.10. The highest BCUT2D eigenvalue weighted by atomic mass is 16.3. The van der Waals surface area contributed by atoms with Crippen molar-refractivity contribution in [3.63, 3.8) is 0 Å². The number of pyridine rings is 2. The van der Waals surface area contributed by atoms with Crippen LogP contribution >= 0.6 is 0 Å². The van der Waals surface area contributed by atoms with Gasteiger partial charge in [0.2, 0.25) is 11.4 Å². The first-order valence-corrected chi connectivity index (χ1v) is 14.3. The quantitative estimate of drug-likeness (QED) is 0.185. The molecule has 2 unspecified atom stereocenters. The van der Waals surface area contributed by atoms with Crippen molar-refractivity contribution in [2.24, 2.45) is 0 Å². The molecule has 3 heteroatoms. The van der Waals surface area contributed by atoms with Crippen molar-refractivity contribution >= 4 is 27.6 Å². The lowest BCUT2D eigenvalue weighted by Crippen LogP contribution is -2.49. The number of rotatable bonds is 0. The van der Waals surface area contributed by atoms with Gasteiger partial charge in [-0.05, 0) is 74.2 Å². The lowest BCUT2D eigenvalue weighted by molar-refractivity contribution is -0.720. The summed E-state index contributed by atoms with van der Waals surface area (Å²) >= 11 is 0. The number of benzene rings is 3. The number of hydrogen-bond acceptors (Lipinski definition) is 1. The highest BCUT2D eigenvalue weighted by Crippen LogP contribution is 2.45. The molecule has 0 fully saturated rings. The van der Waals surface area contributed by atoms with Crippen LogP contribution in [0.15, 0.2) is 108 Å². The monoisotopic (exact) mass is 520 g/mol. The number of aromatic nitrogens is 2. The molecule has 3 nitrogen and oxygen atoms in total. The topological polar surface area (TPSA) is 20.9 Å². The molecule has 0 aliphatic carbocycles. The number of hydrogen-bond donors (Lipinski definition) is 0. The summed E-state index contributed by atoms with van der Waals surface area (Å²) in [6, 6.07) is 31.5. The highest BCUT2D eigenvalue weighted by molar-refractivity contribution is 6.09. The van der Waals surface area contributed by atoms with Crippen molar-refractivity contribution in [3.05, 3.63) is 126 Å². The van der Waals surface area contributed by atoms with Crippen LogP contribution in [0.4, 0.5) is 0 Å². The second kappa shape index (κ2) is 8.76. The van der Waals surface area contributed by atoms with Crippen molar-refractivity contribution < 1.29 is 13.6 Å². The van der Waals surface area contributed by atoms with E-state index in [9.17, 15) is 0 Å². The number of nitrogens with zero attached hydrogens (tertiary/aromatic N) is 2. The van der Waals surface area contributed by atoms with Crippen LogP contribution < -0.4 is 9.13 Å². The van der Waals surface area contributed by atoms with E-state index < -0.39 is 0 Å². The van der Waals surface area contributed by atoms with E-state index in [4.69, 9.17) is 11.0 Å². The van der Waals surface area contributed by atoms with E-state index in [1.165, 1.54) is 49.8 Å². The standard InChI is InChI=1S/C37H32N2O/c1-23-10-14-27-31(20-23)28-16-12-26-13-17-30-29-15-11-24(2)21-35(29)40-37(30)36(26)33-9-5-6-18-38(33)25(3)22-34(28)39-19-7-4-8-32(27)39/h4-11,13-15,17-21,28,34H,3,12,16,22H2,1-2H3/q+2. The van der Waals surface area contributed by atoms with Gasteiger partial charge in [0.25, 0.3) is 0 Å². The Bertz CT molecular complexity index is 2000. The molecule has 5 heterocycles. The fraction of sp³-hybridized carbons (Fsp3) is 0.189. The maximum atomic E-state index is 6.67. The Morgan fingerprint density at radius 1 is 0.800 bits per heavy atom. The van der Waals surface area contributed by atoms with Gasteiger partial charge in [0.05, 0.1) is 12.0 Å². The Kier molecular flexibility index (Phi) is 5.12. The first kappa shape index (κ1) is 23.4. The molecule has 0 spiro atoms. The Morgan fingerprint density at radius 3 is 2.48 bits per heavy atom. The van der Waals surface area contributed by atoms with Crippen molar-refractivity contribution in [1.82, 2.24) is 0 Å². The number of allylic oxidation sites excluding steroid dienone is 1. The molecule has 0 N–H and O–H groups in total. The SMILES string of the molecule is C=C1CC2C(CCc3ccc4c(oc5cc(C)ccc54)c3-c3cccc[n+]31)c1cc(C)ccc1-c1cccc[n+]12. The van der Waals surface area contributed by atoms with E-state index in [1.807, 2.05) is 0 Å². The molecule has 194 valence electrons. The van der Waals surface area contributed by atoms with Gasteiger partial charge in [-0.1, -0.05) is 42.0 Å². The summed E-state index contributed by atoms with van der Waals surface area (Å²) in [6.07, 6.45) is 7.33. The summed E-state index contributed by atoms with van der Waals surface area (Å²) in [7, 11) is 0. The molecule has 0 radical (unpaired) electrons. The second-order valence-electron chi connectivity index (χ2n) is 11.6. The van der Waals surface area contributed by atoms with Gasteiger partial charge in [-0.15, -0.1) is 0 Å². The molecule has 0 saturated heterocycles. The molecule has 2 atom stereocenters.